The van der Waals surface area contributed by atoms with Crippen molar-refractivity contribution in [2.75, 3.05) is 13.2 Å². The van der Waals surface area contributed by atoms with Crippen molar-refractivity contribution >= 4 is 0 Å². The molecule has 0 amide bonds. The molecule has 3 nitrogen and oxygen atoms in total. The zero-order valence-electron chi connectivity index (χ0n) is 10.5. The fraction of sp³-hybridized carbons (Fsp3) is 1.00. The van der Waals surface area contributed by atoms with Gasteiger partial charge in [-0.1, -0.05) is 26.2 Å². The van der Waals surface area contributed by atoms with Crippen molar-refractivity contribution < 1.29 is 4.74 Å². The molecule has 1 aliphatic heterocycles. The minimum absolute atomic E-state index is 0.483. The Balaban J connectivity index is 1.91. The Morgan fingerprint density at radius 3 is 2.81 bits per heavy atom. The molecule has 1 heterocycles. The van der Waals surface area contributed by atoms with Crippen LogP contribution in [0.2, 0.25) is 0 Å². The van der Waals surface area contributed by atoms with Crippen molar-refractivity contribution in [1.29, 1.82) is 0 Å². The molecule has 4 unspecified atom stereocenters. The highest BCUT2D eigenvalue weighted by Crippen LogP contribution is 2.36. The van der Waals surface area contributed by atoms with Crippen LogP contribution in [0.3, 0.4) is 0 Å². The van der Waals surface area contributed by atoms with Gasteiger partial charge in [-0.3, -0.25) is 11.3 Å². The Morgan fingerprint density at radius 1 is 1.31 bits per heavy atom. The third-order valence-corrected chi connectivity index (χ3v) is 4.57. The van der Waals surface area contributed by atoms with Gasteiger partial charge in [-0.05, 0) is 31.1 Å². The van der Waals surface area contributed by atoms with Gasteiger partial charge in [-0.2, -0.15) is 0 Å². The van der Waals surface area contributed by atoms with Crippen LogP contribution < -0.4 is 11.3 Å². The lowest BCUT2D eigenvalue weighted by atomic mass is 9.73. The number of hydrogen-bond donors (Lipinski definition) is 2. The molecule has 3 heteroatoms. The average Bonchev–Trinajstić information content (AvgIpc) is 2.84. The van der Waals surface area contributed by atoms with E-state index in [0.717, 1.165) is 25.0 Å². The summed E-state index contributed by atoms with van der Waals surface area (Å²) in [4.78, 5) is 0. The number of hydrogen-bond acceptors (Lipinski definition) is 3. The summed E-state index contributed by atoms with van der Waals surface area (Å²) in [6.45, 7) is 4.14. The lowest BCUT2D eigenvalue weighted by Crippen LogP contribution is -2.47. The van der Waals surface area contributed by atoms with E-state index in [4.69, 9.17) is 10.6 Å². The molecule has 3 N–H and O–H groups in total. The predicted molar refractivity (Wildman–Crippen MR) is 65.8 cm³/mol. The van der Waals surface area contributed by atoms with Gasteiger partial charge in [0.05, 0.1) is 6.61 Å². The molecular formula is C13H26N2O. The summed E-state index contributed by atoms with van der Waals surface area (Å²) < 4.78 is 5.49. The highest BCUT2D eigenvalue weighted by Gasteiger charge is 2.34. The molecule has 16 heavy (non-hydrogen) atoms. The Morgan fingerprint density at radius 2 is 2.19 bits per heavy atom. The van der Waals surface area contributed by atoms with Crippen LogP contribution in [0.15, 0.2) is 0 Å². The van der Waals surface area contributed by atoms with Gasteiger partial charge in [0, 0.05) is 18.6 Å². The number of rotatable bonds is 4. The van der Waals surface area contributed by atoms with E-state index in [1.165, 1.54) is 38.5 Å². The normalized spacial score (nSPS) is 37.5. The summed E-state index contributed by atoms with van der Waals surface area (Å²) in [5, 5.41) is 0. The van der Waals surface area contributed by atoms with E-state index >= 15 is 0 Å². The molecule has 0 aromatic heterocycles. The zero-order valence-corrected chi connectivity index (χ0v) is 10.5. The van der Waals surface area contributed by atoms with Gasteiger partial charge in [0.2, 0.25) is 0 Å². The van der Waals surface area contributed by atoms with E-state index in [1.807, 2.05) is 0 Å². The largest absolute Gasteiger partial charge is 0.381 e. The molecule has 1 aliphatic carbocycles. The minimum Gasteiger partial charge on any atom is -0.381 e. The van der Waals surface area contributed by atoms with E-state index in [-0.39, 0.29) is 0 Å². The van der Waals surface area contributed by atoms with E-state index < -0.39 is 0 Å². The van der Waals surface area contributed by atoms with Crippen LogP contribution in [-0.2, 0) is 4.74 Å². The summed E-state index contributed by atoms with van der Waals surface area (Å²) in [7, 11) is 0. The first-order chi connectivity index (χ1) is 7.85. The molecule has 0 aromatic rings. The van der Waals surface area contributed by atoms with Crippen molar-refractivity contribution in [1.82, 2.24) is 5.43 Å². The van der Waals surface area contributed by atoms with Crippen molar-refractivity contribution in [2.45, 2.75) is 51.5 Å². The van der Waals surface area contributed by atoms with E-state index in [9.17, 15) is 0 Å². The number of ether oxygens (including phenoxy) is 1. The Bertz CT molecular complexity index is 204. The fourth-order valence-electron chi connectivity index (χ4n) is 3.52. The predicted octanol–water partition coefficient (Wildman–Crippen LogP) is 2.07. The average molecular weight is 226 g/mol. The van der Waals surface area contributed by atoms with Crippen molar-refractivity contribution in [2.24, 2.45) is 23.6 Å². The van der Waals surface area contributed by atoms with Gasteiger partial charge in [0.1, 0.15) is 0 Å². The molecule has 94 valence electrons. The molecule has 2 aliphatic rings. The fourth-order valence-corrected chi connectivity index (χ4v) is 3.52. The maximum Gasteiger partial charge on any atom is 0.0510 e. The highest BCUT2D eigenvalue weighted by atomic mass is 16.5. The Hall–Kier alpha value is -0.120. The van der Waals surface area contributed by atoms with Crippen LogP contribution in [0, 0.1) is 17.8 Å². The van der Waals surface area contributed by atoms with E-state index in [2.05, 4.69) is 12.3 Å². The summed E-state index contributed by atoms with van der Waals surface area (Å²) >= 11 is 0. The first-order valence-corrected chi connectivity index (χ1v) is 6.89. The van der Waals surface area contributed by atoms with Crippen LogP contribution in [0.25, 0.3) is 0 Å². The summed E-state index contributed by atoms with van der Waals surface area (Å²) in [5.74, 6) is 8.11. The van der Waals surface area contributed by atoms with Gasteiger partial charge >= 0.3 is 0 Å². The van der Waals surface area contributed by atoms with Gasteiger partial charge in [-0.25, -0.2) is 0 Å². The van der Waals surface area contributed by atoms with Crippen LogP contribution in [0.1, 0.15) is 45.4 Å². The number of nitrogens with two attached hydrogens (primary N) is 1. The zero-order chi connectivity index (χ0) is 11.4. The molecule has 4 atom stereocenters. The number of hydrazine groups is 1. The summed E-state index contributed by atoms with van der Waals surface area (Å²) in [6.07, 6.45) is 8.03. The van der Waals surface area contributed by atoms with Gasteiger partial charge in [0.15, 0.2) is 0 Å². The molecule has 2 rings (SSSR count). The van der Waals surface area contributed by atoms with Crippen molar-refractivity contribution in [3.8, 4) is 0 Å². The molecular weight excluding hydrogens is 200 g/mol. The third kappa shape index (κ3) is 2.76. The second-order valence-electron chi connectivity index (χ2n) is 5.52. The van der Waals surface area contributed by atoms with Gasteiger partial charge < -0.3 is 4.74 Å². The first kappa shape index (κ1) is 12.3. The lowest BCUT2D eigenvalue weighted by molar-refractivity contribution is 0.139. The maximum absolute atomic E-state index is 5.76. The minimum atomic E-state index is 0.483. The third-order valence-electron chi connectivity index (χ3n) is 4.57. The molecule has 1 saturated carbocycles. The Kier molecular flexibility index (Phi) is 4.62. The maximum atomic E-state index is 5.76. The second-order valence-corrected chi connectivity index (χ2v) is 5.52. The van der Waals surface area contributed by atoms with Crippen LogP contribution >= 0.6 is 0 Å². The molecule has 1 saturated heterocycles. The quantitative estimate of drug-likeness (QED) is 0.570. The summed E-state index contributed by atoms with van der Waals surface area (Å²) in [6, 6.07) is 0.483. The second kappa shape index (κ2) is 5.99. The highest BCUT2D eigenvalue weighted by molar-refractivity contribution is 4.87. The topological polar surface area (TPSA) is 47.3 Å². The van der Waals surface area contributed by atoms with E-state index in [0.29, 0.717) is 12.0 Å². The number of nitrogens with one attached hydrogen (secondary N) is 1. The van der Waals surface area contributed by atoms with Crippen molar-refractivity contribution in [3.63, 3.8) is 0 Å². The van der Waals surface area contributed by atoms with Crippen LogP contribution in [-0.4, -0.2) is 19.3 Å². The lowest BCUT2D eigenvalue weighted by Gasteiger charge is -2.36. The summed E-state index contributed by atoms with van der Waals surface area (Å²) in [5.41, 5.74) is 3.08. The molecule has 0 spiro atoms. The Labute approximate surface area is 99.1 Å². The molecule has 0 aromatic carbocycles. The molecule has 0 bridgehead atoms. The van der Waals surface area contributed by atoms with Crippen molar-refractivity contribution in [3.05, 3.63) is 0 Å². The van der Waals surface area contributed by atoms with Crippen LogP contribution in [0.5, 0.6) is 0 Å². The smallest absolute Gasteiger partial charge is 0.0510 e. The standard InChI is InChI=1S/C13H26N2O/c1-2-10-4-3-5-11(8-10)13(15-14)12-6-7-16-9-12/h10-13,15H,2-9,14H2,1H3. The monoisotopic (exact) mass is 226 g/mol. The van der Waals surface area contributed by atoms with Gasteiger partial charge in [0.25, 0.3) is 0 Å². The van der Waals surface area contributed by atoms with E-state index in [1.54, 1.807) is 0 Å². The molecule has 2 fully saturated rings. The first-order valence-electron chi connectivity index (χ1n) is 6.89. The van der Waals surface area contributed by atoms with Gasteiger partial charge in [-0.15, -0.1) is 0 Å². The molecule has 0 radical (unpaired) electrons. The van der Waals surface area contributed by atoms with Crippen LogP contribution in [0.4, 0.5) is 0 Å². The SMILES string of the molecule is CCC1CCCC(C(NN)C2CCOC2)C1.